The Morgan fingerprint density at radius 1 is 1.03 bits per heavy atom. The Morgan fingerprint density at radius 3 is 2.29 bits per heavy atom. The van der Waals surface area contributed by atoms with E-state index in [9.17, 15) is 5.11 Å². The lowest BCUT2D eigenvalue weighted by molar-refractivity contribution is -0.334. The van der Waals surface area contributed by atoms with Gasteiger partial charge in [-0.3, -0.25) is 0 Å². The van der Waals surface area contributed by atoms with Crippen LogP contribution in [0.2, 0.25) is 18.1 Å². The largest absolute Gasteiger partial charge is 0.403 e. The lowest BCUT2D eigenvalue weighted by atomic mass is 9.50. The van der Waals surface area contributed by atoms with Crippen molar-refractivity contribution in [2.45, 2.75) is 109 Å². The molecule has 0 aromatic carbocycles. The minimum Gasteiger partial charge on any atom is -0.403 e. The average molecular weight is 449 g/mol. The van der Waals surface area contributed by atoms with E-state index in [2.05, 4.69) is 52.6 Å². The summed E-state index contributed by atoms with van der Waals surface area (Å²) in [4.78, 5) is 0. The molecule has 4 fully saturated rings. The van der Waals surface area contributed by atoms with Crippen LogP contribution in [0, 0.1) is 41.4 Å². The first-order valence-corrected chi connectivity index (χ1v) is 15.6. The van der Waals surface area contributed by atoms with Gasteiger partial charge in [0.15, 0.2) is 14.1 Å². The minimum atomic E-state index is -1.92. The standard InChI is InChI=1S/C26H44O4Si/c1-18-24-20(22(27)14-13-21(24)26(18)28-16-17-29-26)12-15-23(19-10-8-7-9-11-19)30-31(5,6)25(2,3)4/h18-24,27H,7-11,13-14,16-17H2,1-6H3/t18-,20+,21+,22-,23+,24-/m0/s1. The summed E-state index contributed by atoms with van der Waals surface area (Å²) in [6.45, 7) is 15.2. The van der Waals surface area contributed by atoms with Crippen LogP contribution in [0.5, 0.6) is 0 Å². The zero-order valence-electron chi connectivity index (χ0n) is 20.6. The average Bonchev–Trinajstić information content (AvgIpc) is 3.24. The summed E-state index contributed by atoms with van der Waals surface area (Å²) in [7, 11) is -1.92. The predicted molar refractivity (Wildman–Crippen MR) is 126 cm³/mol. The van der Waals surface area contributed by atoms with Gasteiger partial charge in [-0.05, 0) is 55.7 Å². The smallest absolute Gasteiger partial charge is 0.193 e. The molecule has 4 nitrogen and oxygen atoms in total. The highest BCUT2D eigenvalue weighted by atomic mass is 28.4. The second-order valence-corrected chi connectivity index (χ2v) is 16.8. The molecule has 3 aliphatic carbocycles. The summed E-state index contributed by atoms with van der Waals surface area (Å²) in [6, 6.07) is 0. The van der Waals surface area contributed by atoms with Gasteiger partial charge in [-0.15, -0.1) is 0 Å². The van der Waals surface area contributed by atoms with Gasteiger partial charge in [-0.2, -0.15) is 0 Å². The molecular weight excluding hydrogens is 404 g/mol. The van der Waals surface area contributed by atoms with Crippen LogP contribution < -0.4 is 0 Å². The molecule has 5 heteroatoms. The number of hydrogen-bond acceptors (Lipinski definition) is 4. The lowest BCUT2D eigenvalue weighted by Crippen LogP contribution is -2.67. The summed E-state index contributed by atoms with van der Waals surface area (Å²) < 4.78 is 19.1. The van der Waals surface area contributed by atoms with Gasteiger partial charge in [0.1, 0.15) is 6.10 Å². The SMILES string of the molecule is C[C@H]1[C@H]2[C@H](C#C[C@@H](O[Si](C)(C)C(C)(C)C)C3CCCCC3)[C@@H](O)CC[C@H]2C12OCCO2. The first kappa shape index (κ1) is 23.8. The number of fused-ring (bicyclic) bond motifs is 2. The maximum absolute atomic E-state index is 10.9. The van der Waals surface area contributed by atoms with Crippen molar-refractivity contribution in [1.29, 1.82) is 0 Å². The third kappa shape index (κ3) is 4.28. The van der Waals surface area contributed by atoms with Gasteiger partial charge in [-0.1, -0.05) is 58.8 Å². The van der Waals surface area contributed by atoms with Crippen molar-refractivity contribution in [2.75, 3.05) is 13.2 Å². The fourth-order valence-corrected chi connectivity index (χ4v) is 7.55. The van der Waals surface area contributed by atoms with E-state index in [1.807, 2.05) is 0 Å². The first-order chi connectivity index (χ1) is 14.6. The summed E-state index contributed by atoms with van der Waals surface area (Å²) in [5.41, 5.74) is 0. The molecule has 1 heterocycles. The molecule has 3 saturated carbocycles. The second kappa shape index (κ2) is 8.76. The maximum Gasteiger partial charge on any atom is 0.193 e. The van der Waals surface area contributed by atoms with E-state index in [0.29, 0.717) is 31.0 Å². The monoisotopic (exact) mass is 448 g/mol. The van der Waals surface area contributed by atoms with Gasteiger partial charge in [0.25, 0.3) is 0 Å². The molecular formula is C26H44O4Si. The fourth-order valence-electron chi connectivity index (χ4n) is 6.31. The normalized spacial score (nSPS) is 36.9. The fraction of sp³-hybridized carbons (Fsp3) is 0.923. The van der Waals surface area contributed by atoms with Crippen LogP contribution in [0.3, 0.4) is 0 Å². The predicted octanol–water partition coefficient (Wildman–Crippen LogP) is 5.36. The van der Waals surface area contributed by atoms with Crippen molar-refractivity contribution in [3.05, 3.63) is 0 Å². The third-order valence-corrected chi connectivity index (χ3v) is 13.7. The Hall–Kier alpha value is -0.383. The van der Waals surface area contributed by atoms with E-state index in [-0.39, 0.29) is 29.1 Å². The molecule has 1 N–H and O–H groups in total. The summed E-state index contributed by atoms with van der Waals surface area (Å²) >= 11 is 0. The molecule has 0 unspecified atom stereocenters. The Kier molecular flexibility index (Phi) is 6.72. The highest BCUT2D eigenvalue weighted by molar-refractivity contribution is 6.74. The van der Waals surface area contributed by atoms with Gasteiger partial charge >= 0.3 is 0 Å². The number of ether oxygens (including phenoxy) is 2. The van der Waals surface area contributed by atoms with Gasteiger partial charge in [-0.25, -0.2) is 0 Å². The van der Waals surface area contributed by atoms with E-state index in [1.54, 1.807) is 0 Å². The molecule has 0 aromatic heterocycles. The number of rotatable bonds is 3. The van der Waals surface area contributed by atoms with E-state index in [0.717, 1.165) is 12.8 Å². The van der Waals surface area contributed by atoms with Crippen LogP contribution >= 0.6 is 0 Å². The Labute approximate surface area is 190 Å². The molecule has 0 bridgehead atoms. The molecule has 1 spiro atoms. The summed E-state index contributed by atoms with van der Waals surface area (Å²) in [5.74, 6) is 8.34. The third-order valence-electron chi connectivity index (χ3n) is 9.23. The molecule has 0 aromatic rings. The van der Waals surface area contributed by atoms with E-state index in [1.165, 1.54) is 32.1 Å². The molecule has 0 amide bonds. The van der Waals surface area contributed by atoms with Crippen LogP contribution in [-0.4, -0.2) is 44.6 Å². The van der Waals surface area contributed by atoms with Crippen molar-refractivity contribution in [3.63, 3.8) is 0 Å². The van der Waals surface area contributed by atoms with Crippen LogP contribution in [0.4, 0.5) is 0 Å². The summed E-state index contributed by atoms with van der Waals surface area (Å²) in [6.07, 6.45) is 7.75. The molecule has 1 aliphatic heterocycles. The van der Waals surface area contributed by atoms with Crippen LogP contribution in [0.15, 0.2) is 0 Å². The van der Waals surface area contributed by atoms with Gasteiger partial charge in [0.2, 0.25) is 0 Å². The van der Waals surface area contributed by atoms with E-state index < -0.39 is 14.1 Å². The van der Waals surface area contributed by atoms with E-state index >= 15 is 0 Å². The highest BCUT2D eigenvalue weighted by Crippen LogP contribution is 2.61. The Balaban J connectivity index is 1.56. The zero-order chi connectivity index (χ0) is 22.4. The van der Waals surface area contributed by atoms with Crippen molar-refractivity contribution >= 4 is 8.32 Å². The molecule has 176 valence electrons. The Bertz CT molecular complexity index is 690. The van der Waals surface area contributed by atoms with Crippen LogP contribution in [-0.2, 0) is 13.9 Å². The maximum atomic E-state index is 10.9. The molecule has 4 rings (SSSR count). The highest BCUT2D eigenvalue weighted by Gasteiger charge is 2.67. The van der Waals surface area contributed by atoms with Crippen molar-refractivity contribution < 1.29 is 19.0 Å². The van der Waals surface area contributed by atoms with Crippen LogP contribution in [0.25, 0.3) is 0 Å². The quantitative estimate of drug-likeness (QED) is 0.467. The van der Waals surface area contributed by atoms with Gasteiger partial charge in [0, 0.05) is 11.8 Å². The zero-order valence-corrected chi connectivity index (χ0v) is 21.6. The second-order valence-electron chi connectivity index (χ2n) is 12.0. The summed E-state index contributed by atoms with van der Waals surface area (Å²) in [5, 5.41) is 11.1. The molecule has 4 aliphatic rings. The number of hydrogen-bond donors (Lipinski definition) is 1. The molecule has 0 radical (unpaired) electrons. The minimum absolute atomic E-state index is 0.00119. The molecule has 31 heavy (non-hydrogen) atoms. The topological polar surface area (TPSA) is 47.9 Å². The number of aliphatic hydroxyl groups is 1. The van der Waals surface area contributed by atoms with Gasteiger partial charge < -0.3 is 19.0 Å². The number of aliphatic hydroxyl groups excluding tert-OH is 1. The van der Waals surface area contributed by atoms with Crippen molar-refractivity contribution in [1.82, 2.24) is 0 Å². The molecule has 1 saturated heterocycles. The van der Waals surface area contributed by atoms with Gasteiger partial charge in [0.05, 0.1) is 25.2 Å². The van der Waals surface area contributed by atoms with Crippen molar-refractivity contribution in [3.8, 4) is 11.8 Å². The van der Waals surface area contributed by atoms with Crippen molar-refractivity contribution in [2.24, 2.45) is 29.6 Å². The van der Waals surface area contributed by atoms with E-state index in [4.69, 9.17) is 13.9 Å². The Morgan fingerprint density at radius 2 is 1.68 bits per heavy atom. The van der Waals surface area contributed by atoms with Crippen LogP contribution in [0.1, 0.15) is 72.6 Å². The molecule has 6 atom stereocenters. The first-order valence-electron chi connectivity index (χ1n) is 12.7. The lowest BCUT2D eigenvalue weighted by Gasteiger charge is -2.61.